The maximum Gasteiger partial charge on any atom is 0.326 e. The Balaban J connectivity index is 2.52. The molecule has 0 saturated heterocycles. The van der Waals surface area contributed by atoms with Gasteiger partial charge in [-0.05, 0) is 30.7 Å². The predicted molar refractivity (Wildman–Crippen MR) is 74.6 cm³/mol. The van der Waals surface area contributed by atoms with Crippen molar-refractivity contribution in [1.82, 2.24) is 5.32 Å². The Morgan fingerprint density at radius 2 is 1.95 bits per heavy atom. The summed E-state index contributed by atoms with van der Waals surface area (Å²) in [5.74, 6) is -1.03. The quantitative estimate of drug-likeness (QED) is 0.751. The molecule has 5 nitrogen and oxygen atoms in total. The molecule has 0 heterocycles. The van der Waals surface area contributed by atoms with Crippen LogP contribution in [0.1, 0.15) is 26.2 Å². The number of urea groups is 1. The van der Waals surface area contributed by atoms with E-state index < -0.39 is 18.0 Å². The molecule has 0 radical (unpaired) electrons. The third kappa shape index (κ3) is 5.61. The molecule has 1 aromatic rings. The molecule has 0 aliphatic heterocycles. The molecule has 0 aliphatic rings. The molecule has 6 heteroatoms. The molecular weight excluding hydrogens is 268 g/mol. The maximum absolute atomic E-state index is 11.7. The van der Waals surface area contributed by atoms with E-state index in [1.54, 1.807) is 24.3 Å². The van der Waals surface area contributed by atoms with E-state index in [0.29, 0.717) is 17.1 Å². The van der Waals surface area contributed by atoms with Crippen molar-refractivity contribution in [3.63, 3.8) is 0 Å². The molecule has 0 bridgehead atoms. The lowest BCUT2D eigenvalue weighted by molar-refractivity contribution is -0.139. The number of hydrogen-bond donors (Lipinski definition) is 3. The van der Waals surface area contributed by atoms with Crippen molar-refractivity contribution < 1.29 is 14.7 Å². The Hall–Kier alpha value is -1.75. The van der Waals surface area contributed by atoms with Gasteiger partial charge in [-0.3, -0.25) is 0 Å². The van der Waals surface area contributed by atoms with Gasteiger partial charge in [-0.1, -0.05) is 31.4 Å². The molecule has 0 saturated carbocycles. The molecule has 1 atom stereocenters. The Morgan fingerprint density at radius 1 is 1.32 bits per heavy atom. The van der Waals surface area contributed by atoms with Crippen LogP contribution in [0.3, 0.4) is 0 Å². The normalized spacial score (nSPS) is 11.7. The molecular formula is C13H17ClN2O3. The first-order chi connectivity index (χ1) is 9.02. The second kappa shape index (κ2) is 7.63. The summed E-state index contributed by atoms with van der Waals surface area (Å²) in [6, 6.07) is 5.16. The van der Waals surface area contributed by atoms with Crippen LogP contribution in [0, 0.1) is 0 Å². The second-order valence-electron chi connectivity index (χ2n) is 4.14. The van der Waals surface area contributed by atoms with Crippen molar-refractivity contribution in [2.45, 2.75) is 32.2 Å². The van der Waals surface area contributed by atoms with Gasteiger partial charge in [0.15, 0.2) is 0 Å². The topological polar surface area (TPSA) is 78.4 Å². The lowest BCUT2D eigenvalue weighted by Crippen LogP contribution is -2.42. The van der Waals surface area contributed by atoms with Crippen LogP contribution in [-0.2, 0) is 4.79 Å². The standard InChI is InChI=1S/C13H17ClN2O3/c1-2-3-4-11(12(17)18)16-13(19)15-10-7-5-9(14)6-8-10/h5-8,11H,2-4H2,1H3,(H,17,18)(H2,15,16,19). The highest BCUT2D eigenvalue weighted by molar-refractivity contribution is 6.30. The van der Waals surface area contributed by atoms with E-state index in [9.17, 15) is 9.59 Å². The zero-order valence-electron chi connectivity index (χ0n) is 10.6. The predicted octanol–water partition coefficient (Wildman–Crippen LogP) is 3.10. The molecule has 0 spiro atoms. The summed E-state index contributed by atoms with van der Waals surface area (Å²) in [6.45, 7) is 1.96. The number of carboxylic acids is 1. The molecule has 0 fully saturated rings. The van der Waals surface area contributed by atoms with Gasteiger partial charge in [-0.2, -0.15) is 0 Å². The van der Waals surface area contributed by atoms with Crippen molar-refractivity contribution in [3.8, 4) is 0 Å². The number of carboxylic acid groups (broad SMARTS) is 1. The molecule has 19 heavy (non-hydrogen) atoms. The van der Waals surface area contributed by atoms with E-state index in [1.807, 2.05) is 6.92 Å². The molecule has 0 aromatic heterocycles. The van der Waals surface area contributed by atoms with Crippen LogP contribution < -0.4 is 10.6 Å². The molecule has 104 valence electrons. The zero-order valence-corrected chi connectivity index (χ0v) is 11.4. The average molecular weight is 285 g/mol. The number of hydrogen-bond acceptors (Lipinski definition) is 2. The number of halogens is 1. The van der Waals surface area contributed by atoms with Crippen molar-refractivity contribution >= 4 is 29.3 Å². The van der Waals surface area contributed by atoms with Crippen LogP contribution in [0.4, 0.5) is 10.5 Å². The highest BCUT2D eigenvalue weighted by Gasteiger charge is 2.18. The first-order valence-electron chi connectivity index (χ1n) is 6.08. The van der Waals surface area contributed by atoms with Gasteiger partial charge in [0, 0.05) is 10.7 Å². The molecule has 3 N–H and O–H groups in total. The number of benzene rings is 1. The van der Waals surface area contributed by atoms with E-state index >= 15 is 0 Å². The fourth-order valence-electron chi connectivity index (χ4n) is 1.52. The van der Waals surface area contributed by atoms with Crippen LogP contribution in [0.2, 0.25) is 5.02 Å². The van der Waals surface area contributed by atoms with E-state index in [-0.39, 0.29) is 0 Å². The number of aliphatic carboxylic acids is 1. The Kier molecular flexibility index (Phi) is 6.15. The summed E-state index contributed by atoms with van der Waals surface area (Å²) in [5, 5.41) is 14.5. The average Bonchev–Trinajstić information content (AvgIpc) is 2.37. The van der Waals surface area contributed by atoms with Gasteiger partial charge >= 0.3 is 12.0 Å². The summed E-state index contributed by atoms with van der Waals surface area (Å²) < 4.78 is 0. The van der Waals surface area contributed by atoms with E-state index in [2.05, 4.69) is 10.6 Å². The number of carbonyl (C=O) groups is 2. The summed E-state index contributed by atoms with van der Waals surface area (Å²) in [6.07, 6.45) is 2.04. The van der Waals surface area contributed by atoms with Gasteiger partial charge in [0.25, 0.3) is 0 Å². The lowest BCUT2D eigenvalue weighted by Gasteiger charge is -2.14. The molecule has 2 amide bonds. The van der Waals surface area contributed by atoms with Crippen LogP contribution in [0.25, 0.3) is 0 Å². The number of nitrogens with one attached hydrogen (secondary N) is 2. The number of anilines is 1. The molecule has 1 unspecified atom stereocenters. The number of rotatable bonds is 6. The van der Waals surface area contributed by atoms with Gasteiger partial charge in [0.05, 0.1) is 0 Å². The Labute approximate surface area is 117 Å². The van der Waals surface area contributed by atoms with E-state index in [0.717, 1.165) is 12.8 Å². The monoisotopic (exact) mass is 284 g/mol. The Morgan fingerprint density at radius 3 is 2.47 bits per heavy atom. The van der Waals surface area contributed by atoms with Crippen molar-refractivity contribution in [3.05, 3.63) is 29.3 Å². The summed E-state index contributed by atoms with van der Waals surface area (Å²) in [7, 11) is 0. The van der Waals surface area contributed by atoms with Crippen LogP contribution in [0.15, 0.2) is 24.3 Å². The smallest absolute Gasteiger partial charge is 0.326 e. The molecule has 1 rings (SSSR count). The third-order valence-electron chi connectivity index (χ3n) is 2.55. The minimum atomic E-state index is -1.03. The van der Waals surface area contributed by atoms with Crippen LogP contribution in [-0.4, -0.2) is 23.1 Å². The summed E-state index contributed by atoms with van der Waals surface area (Å²) in [4.78, 5) is 22.6. The first-order valence-corrected chi connectivity index (χ1v) is 6.46. The van der Waals surface area contributed by atoms with Gasteiger partial charge < -0.3 is 15.7 Å². The molecule has 1 aromatic carbocycles. The van der Waals surface area contributed by atoms with Crippen molar-refractivity contribution in [1.29, 1.82) is 0 Å². The third-order valence-corrected chi connectivity index (χ3v) is 2.80. The first kappa shape index (κ1) is 15.3. The highest BCUT2D eigenvalue weighted by Crippen LogP contribution is 2.13. The Bertz CT molecular complexity index is 434. The fraction of sp³-hybridized carbons (Fsp3) is 0.385. The number of amides is 2. The van der Waals surface area contributed by atoms with E-state index in [4.69, 9.17) is 16.7 Å². The number of carbonyl (C=O) groups excluding carboxylic acids is 1. The lowest BCUT2D eigenvalue weighted by atomic mass is 10.1. The fourth-order valence-corrected chi connectivity index (χ4v) is 1.65. The van der Waals surface area contributed by atoms with Gasteiger partial charge in [-0.15, -0.1) is 0 Å². The van der Waals surface area contributed by atoms with E-state index in [1.165, 1.54) is 0 Å². The minimum absolute atomic E-state index is 0.417. The highest BCUT2D eigenvalue weighted by atomic mass is 35.5. The second-order valence-corrected chi connectivity index (χ2v) is 4.57. The van der Waals surface area contributed by atoms with Gasteiger partial charge in [-0.25, -0.2) is 9.59 Å². The van der Waals surface area contributed by atoms with Crippen LogP contribution >= 0.6 is 11.6 Å². The number of unbranched alkanes of at least 4 members (excludes halogenated alkanes) is 1. The SMILES string of the molecule is CCCCC(NC(=O)Nc1ccc(Cl)cc1)C(=O)O. The van der Waals surface area contributed by atoms with Gasteiger partial charge in [0.1, 0.15) is 6.04 Å². The zero-order chi connectivity index (χ0) is 14.3. The van der Waals surface area contributed by atoms with Gasteiger partial charge in [0.2, 0.25) is 0 Å². The van der Waals surface area contributed by atoms with Crippen LogP contribution in [0.5, 0.6) is 0 Å². The van der Waals surface area contributed by atoms with Crippen molar-refractivity contribution in [2.24, 2.45) is 0 Å². The summed E-state index contributed by atoms with van der Waals surface area (Å²) in [5.41, 5.74) is 0.557. The molecule has 0 aliphatic carbocycles. The minimum Gasteiger partial charge on any atom is -0.480 e. The maximum atomic E-state index is 11.7. The largest absolute Gasteiger partial charge is 0.480 e. The van der Waals surface area contributed by atoms with Crippen molar-refractivity contribution in [2.75, 3.05) is 5.32 Å². The summed E-state index contributed by atoms with van der Waals surface area (Å²) >= 11 is 5.73.